The quantitative estimate of drug-likeness (QED) is 0.812. The Hall–Kier alpha value is -0.670. The van der Waals surface area contributed by atoms with Crippen molar-refractivity contribution in [2.75, 3.05) is 25.6 Å². The van der Waals surface area contributed by atoms with Gasteiger partial charge in [0.25, 0.3) is 0 Å². The first kappa shape index (κ1) is 12.8. The lowest BCUT2D eigenvalue weighted by Gasteiger charge is -2.42. The molecule has 0 aromatic heterocycles. The summed E-state index contributed by atoms with van der Waals surface area (Å²) >= 11 is 4.35. The van der Waals surface area contributed by atoms with Crippen LogP contribution in [-0.4, -0.2) is 25.6 Å². The van der Waals surface area contributed by atoms with Crippen LogP contribution in [0.3, 0.4) is 0 Å². The Morgan fingerprint density at radius 1 is 1.41 bits per heavy atom. The molecule has 3 heteroatoms. The van der Waals surface area contributed by atoms with Gasteiger partial charge in [0.05, 0.1) is 19.8 Å². The van der Waals surface area contributed by atoms with Crippen LogP contribution in [-0.2, 0) is 10.2 Å². The minimum atomic E-state index is 0.192. The summed E-state index contributed by atoms with van der Waals surface area (Å²) in [6.07, 6.45) is 1.07. The number of hydrogen-bond acceptors (Lipinski definition) is 3. The summed E-state index contributed by atoms with van der Waals surface area (Å²) in [6.45, 7) is 6.46. The molecule has 0 radical (unpaired) electrons. The predicted molar refractivity (Wildman–Crippen MR) is 73.3 cm³/mol. The molecular weight excluding hydrogens is 232 g/mol. The highest BCUT2D eigenvalue weighted by Crippen LogP contribution is 2.37. The van der Waals surface area contributed by atoms with Crippen LogP contribution >= 0.6 is 12.6 Å². The zero-order valence-corrected chi connectivity index (χ0v) is 11.4. The Balaban J connectivity index is 2.24. The van der Waals surface area contributed by atoms with E-state index >= 15 is 0 Å². The highest BCUT2D eigenvalue weighted by molar-refractivity contribution is 7.80. The third kappa shape index (κ3) is 2.45. The maximum atomic E-state index is 5.57. The second-order valence-electron chi connectivity index (χ2n) is 4.66. The first-order valence-electron chi connectivity index (χ1n) is 6.14. The van der Waals surface area contributed by atoms with Crippen LogP contribution in [0.25, 0.3) is 0 Å². The van der Waals surface area contributed by atoms with E-state index in [-0.39, 0.29) is 5.41 Å². The van der Waals surface area contributed by atoms with Crippen LogP contribution in [0.2, 0.25) is 0 Å². The van der Waals surface area contributed by atoms with E-state index in [1.54, 1.807) is 0 Å². The Bertz CT molecular complexity index is 386. The molecule has 0 atom stereocenters. The standard InChI is InChI=1S/C14H20O2S/c1-3-16-13-5-4-12(8-11(13)2)14(6-7-17)9-15-10-14/h4-5,8,17H,3,6-7,9-10H2,1-2H3. The topological polar surface area (TPSA) is 18.5 Å². The van der Waals surface area contributed by atoms with E-state index in [9.17, 15) is 0 Å². The van der Waals surface area contributed by atoms with Crippen molar-refractivity contribution in [3.8, 4) is 5.75 Å². The van der Waals surface area contributed by atoms with Gasteiger partial charge in [-0.25, -0.2) is 0 Å². The second kappa shape index (κ2) is 5.32. The van der Waals surface area contributed by atoms with Crippen molar-refractivity contribution in [3.63, 3.8) is 0 Å². The fourth-order valence-corrected chi connectivity index (χ4v) is 2.74. The maximum absolute atomic E-state index is 5.57. The van der Waals surface area contributed by atoms with Crippen LogP contribution in [0.1, 0.15) is 24.5 Å². The zero-order chi connectivity index (χ0) is 12.3. The lowest BCUT2D eigenvalue weighted by Crippen LogP contribution is -2.47. The van der Waals surface area contributed by atoms with Crippen LogP contribution in [0.4, 0.5) is 0 Å². The molecule has 0 saturated carbocycles. The number of hydrogen-bond donors (Lipinski definition) is 1. The van der Waals surface area contributed by atoms with E-state index in [1.165, 1.54) is 11.1 Å². The monoisotopic (exact) mass is 252 g/mol. The molecule has 2 rings (SSSR count). The molecule has 0 bridgehead atoms. The van der Waals surface area contributed by atoms with Crippen molar-refractivity contribution < 1.29 is 9.47 Å². The van der Waals surface area contributed by atoms with Gasteiger partial charge in [0.2, 0.25) is 0 Å². The number of aryl methyl sites for hydroxylation is 1. The van der Waals surface area contributed by atoms with Gasteiger partial charge in [-0.3, -0.25) is 0 Å². The van der Waals surface area contributed by atoms with Crippen LogP contribution < -0.4 is 4.74 Å². The Morgan fingerprint density at radius 3 is 2.65 bits per heavy atom. The molecule has 1 saturated heterocycles. The molecule has 17 heavy (non-hydrogen) atoms. The fourth-order valence-electron chi connectivity index (χ4n) is 2.31. The summed E-state index contributed by atoms with van der Waals surface area (Å²) in [4.78, 5) is 0. The van der Waals surface area contributed by atoms with Crippen LogP contribution in [0.5, 0.6) is 5.75 Å². The normalized spacial score (nSPS) is 17.6. The van der Waals surface area contributed by atoms with Crippen molar-refractivity contribution in [3.05, 3.63) is 29.3 Å². The van der Waals surface area contributed by atoms with Crippen molar-refractivity contribution >= 4 is 12.6 Å². The van der Waals surface area contributed by atoms with Gasteiger partial charge in [-0.2, -0.15) is 12.6 Å². The SMILES string of the molecule is CCOc1ccc(C2(CCS)COC2)cc1C. The second-order valence-corrected chi connectivity index (χ2v) is 5.11. The molecule has 1 aliphatic rings. The van der Waals surface area contributed by atoms with E-state index in [2.05, 4.69) is 37.8 Å². The van der Waals surface area contributed by atoms with Crippen molar-refractivity contribution in [2.24, 2.45) is 0 Å². The van der Waals surface area contributed by atoms with Crippen molar-refractivity contribution in [2.45, 2.75) is 25.7 Å². The Morgan fingerprint density at radius 2 is 2.18 bits per heavy atom. The van der Waals surface area contributed by atoms with E-state index in [0.717, 1.165) is 31.1 Å². The number of rotatable bonds is 5. The average Bonchev–Trinajstić information content (AvgIpc) is 2.27. The highest BCUT2D eigenvalue weighted by atomic mass is 32.1. The maximum Gasteiger partial charge on any atom is 0.122 e. The van der Waals surface area contributed by atoms with Crippen LogP contribution in [0, 0.1) is 6.92 Å². The molecule has 0 aliphatic carbocycles. The number of benzene rings is 1. The largest absolute Gasteiger partial charge is 0.494 e. The molecule has 94 valence electrons. The lowest BCUT2D eigenvalue weighted by molar-refractivity contribution is -0.0614. The first-order chi connectivity index (χ1) is 8.22. The van der Waals surface area contributed by atoms with Gasteiger partial charge in [0.1, 0.15) is 5.75 Å². The molecule has 1 aromatic carbocycles. The summed E-state index contributed by atoms with van der Waals surface area (Å²) in [5.74, 6) is 1.88. The minimum absolute atomic E-state index is 0.192. The Labute approximate surface area is 109 Å². The minimum Gasteiger partial charge on any atom is -0.494 e. The number of ether oxygens (including phenoxy) is 2. The van der Waals surface area contributed by atoms with Gasteiger partial charge >= 0.3 is 0 Å². The van der Waals surface area contributed by atoms with Crippen LogP contribution in [0.15, 0.2) is 18.2 Å². The molecule has 0 amide bonds. The number of thiol groups is 1. The molecule has 1 fully saturated rings. The molecule has 1 heterocycles. The summed E-state index contributed by atoms with van der Waals surface area (Å²) in [5.41, 5.74) is 2.76. The molecule has 1 aliphatic heterocycles. The molecule has 0 N–H and O–H groups in total. The summed E-state index contributed by atoms with van der Waals surface area (Å²) < 4.78 is 11.0. The van der Waals surface area contributed by atoms with Gasteiger partial charge in [-0.15, -0.1) is 0 Å². The van der Waals surface area contributed by atoms with Crippen molar-refractivity contribution in [1.82, 2.24) is 0 Å². The summed E-state index contributed by atoms with van der Waals surface area (Å²) in [5, 5.41) is 0. The summed E-state index contributed by atoms with van der Waals surface area (Å²) in [6, 6.07) is 6.48. The van der Waals surface area contributed by atoms with E-state index in [1.807, 2.05) is 6.92 Å². The van der Waals surface area contributed by atoms with E-state index in [0.29, 0.717) is 6.61 Å². The van der Waals surface area contributed by atoms with E-state index < -0.39 is 0 Å². The summed E-state index contributed by atoms with van der Waals surface area (Å²) in [7, 11) is 0. The van der Waals surface area contributed by atoms with Gasteiger partial charge in [0, 0.05) is 5.41 Å². The van der Waals surface area contributed by atoms with Gasteiger partial charge in [-0.1, -0.05) is 12.1 Å². The smallest absolute Gasteiger partial charge is 0.122 e. The lowest BCUT2D eigenvalue weighted by atomic mass is 9.76. The zero-order valence-electron chi connectivity index (χ0n) is 10.5. The molecule has 0 spiro atoms. The first-order valence-corrected chi connectivity index (χ1v) is 6.77. The van der Waals surface area contributed by atoms with E-state index in [4.69, 9.17) is 9.47 Å². The van der Waals surface area contributed by atoms with Gasteiger partial charge in [-0.05, 0) is 43.2 Å². The highest BCUT2D eigenvalue weighted by Gasteiger charge is 2.39. The van der Waals surface area contributed by atoms with Gasteiger partial charge in [0.15, 0.2) is 0 Å². The predicted octanol–water partition coefficient (Wildman–Crippen LogP) is 2.98. The molecule has 1 aromatic rings. The van der Waals surface area contributed by atoms with Gasteiger partial charge < -0.3 is 9.47 Å². The average molecular weight is 252 g/mol. The molecule has 0 unspecified atom stereocenters. The molecular formula is C14H20O2S. The third-order valence-corrected chi connectivity index (χ3v) is 3.66. The van der Waals surface area contributed by atoms with Crippen molar-refractivity contribution in [1.29, 1.82) is 0 Å². The molecule has 2 nitrogen and oxygen atoms in total. The third-order valence-electron chi connectivity index (χ3n) is 3.43. The Kier molecular flexibility index (Phi) is 4.00. The fraction of sp³-hybridized carbons (Fsp3) is 0.571.